The molecule has 1 aliphatic heterocycles. The number of fused-ring (bicyclic) bond motifs is 1. The van der Waals surface area contributed by atoms with Crippen molar-refractivity contribution in [3.8, 4) is 0 Å². The van der Waals surface area contributed by atoms with Crippen molar-refractivity contribution in [3.63, 3.8) is 0 Å². The van der Waals surface area contributed by atoms with Gasteiger partial charge in [0, 0.05) is 31.7 Å². The largest absolute Gasteiger partial charge is 0.461 e. The van der Waals surface area contributed by atoms with E-state index in [0.717, 1.165) is 0 Å². The molecule has 7 nitrogen and oxygen atoms in total. The first-order chi connectivity index (χ1) is 15.8. The van der Waals surface area contributed by atoms with Crippen LogP contribution in [-0.2, 0) is 4.74 Å². The number of halogens is 4. The Hall–Kier alpha value is -2.68. The minimum Gasteiger partial charge on any atom is -0.461 e. The topological polar surface area (TPSA) is 75.6 Å². The molecule has 1 saturated heterocycles. The van der Waals surface area contributed by atoms with Gasteiger partial charge >= 0.3 is 5.97 Å². The summed E-state index contributed by atoms with van der Waals surface area (Å²) in [5.41, 5.74) is 1.26. The maximum Gasteiger partial charge on any atom is 0.360 e. The number of nitrogens with zero attached hydrogens (tertiary/aromatic N) is 4. The summed E-state index contributed by atoms with van der Waals surface area (Å²) in [6.45, 7) is 3.40. The number of anilines is 1. The lowest BCUT2D eigenvalue weighted by molar-refractivity contribution is 0.0519. The van der Waals surface area contributed by atoms with Gasteiger partial charge in [0.25, 0.3) is 5.91 Å². The average molecular weight is 512 g/mol. The summed E-state index contributed by atoms with van der Waals surface area (Å²) >= 11 is 18.0. The van der Waals surface area contributed by atoms with E-state index < -0.39 is 11.8 Å². The van der Waals surface area contributed by atoms with Crippen molar-refractivity contribution in [3.05, 3.63) is 62.5 Å². The lowest BCUT2D eigenvalue weighted by Crippen LogP contribution is -2.49. The van der Waals surface area contributed by atoms with E-state index in [-0.39, 0.29) is 23.2 Å². The van der Waals surface area contributed by atoms with E-state index in [1.807, 2.05) is 4.90 Å². The lowest BCUT2D eigenvalue weighted by atomic mass is 10.1. The molecular formula is C22H18Cl3FN4O3. The standard InChI is InChI=1S/C22H18Cl3FN4O3/c1-2-33-22(32)19-20(28-18-11-14(24)13(23)10-17(18)27-19)29-5-7-30(8-6-29)21(31)12-3-4-16(26)15(25)9-12/h3-4,9-11H,2,5-8H2,1H3. The molecule has 0 atom stereocenters. The number of amides is 1. The van der Waals surface area contributed by atoms with E-state index in [2.05, 4.69) is 9.97 Å². The molecule has 2 heterocycles. The Balaban J connectivity index is 1.60. The van der Waals surface area contributed by atoms with Crippen molar-refractivity contribution < 1.29 is 18.7 Å². The number of carbonyl (C=O) groups excluding carboxylic acids is 2. The third-order valence-electron chi connectivity index (χ3n) is 5.19. The number of rotatable bonds is 4. The van der Waals surface area contributed by atoms with Gasteiger partial charge in [0.15, 0.2) is 11.5 Å². The summed E-state index contributed by atoms with van der Waals surface area (Å²) in [6.07, 6.45) is 0. The van der Waals surface area contributed by atoms with Gasteiger partial charge in [-0.1, -0.05) is 34.8 Å². The molecule has 3 aromatic rings. The maximum atomic E-state index is 13.4. The van der Waals surface area contributed by atoms with Gasteiger partial charge in [-0.3, -0.25) is 4.79 Å². The third kappa shape index (κ3) is 4.83. The van der Waals surface area contributed by atoms with E-state index in [1.165, 1.54) is 18.2 Å². The van der Waals surface area contributed by atoms with Crippen LogP contribution in [0.2, 0.25) is 15.1 Å². The quantitative estimate of drug-likeness (QED) is 0.465. The summed E-state index contributed by atoms with van der Waals surface area (Å²) < 4.78 is 18.6. The van der Waals surface area contributed by atoms with Crippen molar-refractivity contribution in [2.75, 3.05) is 37.7 Å². The van der Waals surface area contributed by atoms with Crippen LogP contribution >= 0.6 is 34.8 Å². The molecule has 0 bridgehead atoms. The van der Waals surface area contributed by atoms with Gasteiger partial charge in [0.2, 0.25) is 0 Å². The zero-order valence-corrected chi connectivity index (χ0v) is 19.7. The van der Waals surface area contributed by atoms with E-state index in [4.69, 9.17) is 39.5 Å². The Morgan fingerprint density at radius 3 is 2.21 bits per heavy atom. The zero-order valence-electron chi connectivity index (χ0n) is 17.4. The van der Waals surface area contributed by atoms with Crippen LogP contribution in [-0.4, -0.2) is 59.5 Å². The molecule has 0 N–H and O–H groups in total. The van der Waals surface area contributed by atoms with Crippen LogP contribution in [0.25, 0.3) is 11.0 Å². The number of esters is 1. The summed E-state index contributed by atoms with van der Waals surface area (Å²) in [6, 6.07) is 7.01. The Labute approximate surface area is 204 Å². The van der Waals surface area contributed by atoms with Crippen LogP contribution < -0.4 is 4.90 Å². The first kappa shape index (κ1) is 23.5. The highest BCUT2D eigenvalue weighted by Gasteiger charge is 2.28. The molecule has 1 amide bonds. The molecule has 1 fully saturated rings. The Morgan fingerprint density at radius 1 is 0.970 bits per heavy atom. The molecular weight excluding hydrogens is 494 g/mol. The fourth-order valence-corrected chi connectivity index (χ4v) is 4.03. The van der Waals surface area contributed by atoms with E-state index in [0.29, 0.717) is 58.6 Å². The van der Waals surface area contributed by atoms with Gasteiger partial charge in [-0.15, -0.1) is 0 Å². The average Bonchev–Trinajstić information content (AvgIpc) is 2.81. The minimum atomic E-state index is -0.604. The summed E-state index contributed by atoms with van der Waals surface area (Å²) in [5, 5.41) is 0.513. The molecule has 0 saturated carbocycles. The number of ether oxygens (including phenoxy) is 1. The fourth-order valence-electron chi connectivity index (χ4n) is 3.53. The van der Waals surface area contributed by atoms with Crippen molar-refractivity contribution in [2.45, 2.75) is 6.92 Å². The highest BCUT2D eigenvalue weighted by Crippen LogP contribution is 2.29. The van der Waals surface area contributed by atoms with Gasteiger partial charge < -0.3 is 14.5 Å². The zero-order chi connectivity index (χ0) is 23.7. The molecule has 33 heavy (non-hydrogen) atoms. The van der Waals surface area contributed by atoms with E-state index in [9.17, 15) is 14.0 Å². The number of piperazine rings is 1. The molecule has 0 spiro atoms. The predicted molar refractivity (Wildman–Crippen MR) is 125 cm³/mol. The summed E-state index contributed by atoms with van der Waals surface area (Å²) in [7, 11) is 0. The SMILES string of the molecule is CCOC(=O)c1nc2cc(Cl)c(Cl)cc2nc1N1CCN(C(=O)c2ccc(F)c(Cl)c2)CC1. The maximum absolute atomic E-state index is 13.4. The highest BCUT2D eigenvalue weighted by atomic mass is 35.5. The molecule has 1 aliphatic rings. The number of hydrogen-bond acceptors (Lipinski definition) is 6. The number of benzene rings is 2. The van der Waals surface area contributed by atoms with Gasteiger partial charge in [0.1, 0.15) is 5.82 Å². The van der Waals surface area contributed by atoms with Gasteiger partial charge in [-0.25, -0.2) is 19.2 Å². The van der Waals surface area contributed by atoms with Crippen molar-refractivity contribution >= 4 is 63.5 Å². The minimum absolute atomic E-state index is 0.0628. The monoisotopic (exact) mass is 510 g/mol. The van der Waals surface area contributed by atoms with Crippen LogP contribution in [0, 0.1) is 5.82 Å². The van der Waals surface area contributed by atoms with Crippen molar-refractivity contribution in [2.24, 2.45) is 0 Å². The number of hydrogen-bond donors (Lipinski definition) is 0. The van der Waals surface area contributed by atoms with E-state index in [1.54, 1.807) is 24.0 Å². The van der Waals surface area contributed by atoms with Crippen LogP contribution in [0.5, 0.6) is 0 Å². The van der Waals surface area contributed by atoms with Gasteiger partial charge in [-0.2, -0.15) is 0 Å². The Kier molecular flexibility index (Phi) is 6.88. The molecule has 0 aliphatic carbocycles. The smallest absolute Gasteiger partial charge is 0.360 e. The van der Waals surface area contributed by atoms with E-state index >= 15 is 0 Å². The van der Waals surface area contributed by atoms with Crippen molar-refractivity contribution in [1.29, 1.82) is 0 Å². The highest BCUT2D eigenvalue weighted by molar-refractivity contribution is 6.42. The van der Waals surface area contributed by atoms with Gasteiger partial charge in [0.05, 0.1) is 32.7 Å². The molecule has 4 rings (SSSR count). The molecule has 11 heteroatoms. The summed E-state index contributed by atoms with van der Waals surface area (Å²) in [4.78, 5) is 38.0. The Morgan fingerprint density at radius 2 is 1.61 bits per heavy atom. The first-order valence-electron chi connectivity index (χ1n) is 10.1. The lowest BCUT2D eigenvalue weighted by Gasteiger charge is -2.36. The number of carbonyl (C=O) groups is 2. The second-order valence-electron chi connectivity index (χ2n) is 7.28. The van der Waals surface area contributed by atoms with Crippen LogP contribution in [0.3, 0.4) is 0 Å². The summed E-state index contributed by atoms with van der Waals surface area (Å²) in [5.74, 6) is -1.10. The second kappa shape index (κ2) is 9.67. The fraction of sp³-hybridized carbons (Fsp3) is 0.273. The molecule has 172 valence electrons. The Bertz CT molecular complexity index is 1250. The second-order valence-corrected chi connectivity index (χ2v) is 8.50. The molecule has 1 aromatic heterocycles. The van der Waals surface area contributed by atoms with Crippen LogP contribution in [0.1, 0.15) is 27.8 Å². The third-order valence-corrected chi connectivity index (χ3v) is 6.20. The predicted octanol–water partition coefficient (Wildman–Crippen LogP) is 4.87. The molecule has 0 radical (unpaired) electrons. The van der Waals surface area contributed by atoms with Gasteiger partial charge in [-0.05, 0) is 37.3 Å². The van der Waals surface area contributed by atoms with Crippen molar-refractivity contribution in [1.82, 2.24) is 14.9 Å². The number of aromatic nitrogens is 2. The van der Waals surface area contributed by atoms with Crippen LogP contribution in [0.15, 0.2) is 30.3 Å². The molecule has 0 unspecified atom stereocenters. The normalized spacial score (nSPS) is 14.0. The van der Waals surface area contributed by atoms with Crippen LogP contribution in [0.4, 0.5) is 10.2 Å². The first-order valence-corrected chi connectivity index (χ1v) is 11.2. The molecule has 2 aromatic carbocycles.